The Labute approximate surface area is 151 Å². The number of amides is 1. The Morgan fingerprint density at radius 3 is 2.80 bits per heavy atom. The molecule has 4 nitrogen and oxygen atoms in total. The molecule has 2 aliphatic heterocycles. The first-order chi connectivity index (χ1) is 12.1. The Kier molecular flexibility index (Phi) is 5.92. The Hall–Kier alpha value is -1.65. The topological polar surface area (TPSA) is 32.8 Å². The van der Waals surface area contributed by atoms with Crippen molar-refractivity contribution in [3.05, 3.63) is 41.5 Å². The molecule has 3 rings (SSSR count). The number of piperidine rings is 1. The van der Waals surface area contributed by atoms with Gasteiger partial charge < -0.3 is 9.64 Å². The number of nitrogens with zero attached hydrogens (tertiary/aromatic N) is 2. The zero-order valence-electron chi connectivity index (χ0n) is 15.5. The normalized spacial score (nSPS) is 25.1. The zero-order chi connectivity index (χ0) is 17.7. The predicted molar refractivity (Wildman–Crippen MR) is 101 cm³/mol. The molecule has 0 bridgehead atoms. The number of carbonyl (C=O) groups is 1. The van der Waals surface area contributed by atoms with Gasteiger partial charge in [0.15, 0.2) is 0 Å². The minimum absolute atomic E-state index is 0.154. The maximum atomic E-state index is 13.0. The van der Waals surface area contributed by atoms with Gasteiger partial charge in [0.1, 0.15) is 0 Å². The standard InChI is InChI=1S/C21H30N2O2/c1-18(15-19-7-4-3-5-8-19)16-22-12-10-21(17-22)9-6-11-23(20(21)24)13-14-25-2/h3-5,7-8,15H,6,9-14,16-17H2,1-2H3/b18-15+. The van der Waals surface area contributed by atoms with Gasteiger partial charge in [0.2, 0.25) is 5.91 Å². The van der Waals surface area contributed by atoms with E-state index in [0.29, 0.717) is 12.5 Å². The molecule has 0 radical (unpaired) electrons. The van der Waals surface area contributed by atoms with Gasteiger partial charge in [0.05, 0.1) is 12.0 Å². The SMILES string of the molecule is COCCN1CCCC2(CCN(C/C(C)=C/c3ccccc3)C2)C1=O. The molecule has 2 saturated heterocycles. The van der Waals surface area contributed by atoms with Gasteiger partial charge in [0, 0.05) is 33.3 Å². The van der Waals surface area contributed by atoms with Crippen LogP contribution in [0.25, 0.3) is 6.08 Å². The second-order valence-electron chi connectivity index (χ2n) is 7.53. The highest BCUT2D eigenvalue weighted by Gasteiger charge is 2.47. The van der Waals surface area contributed by atoms with E-state index in [-0.39, 0.29) is 5.41 Å². The van der Waals surface area contributed by atoms with Crippen molar-refractivity contribution in [3.63, 3.8) is 0 Å². The van der Waals surface area contributed by atoms with Crippen LogP contribution < -0.4 is 0 Å². The first-order valence-corrected chi connectivity index (χ1v) is 9.36. The molecule has 2 fully saturated rings. The summed E-state index contributed by atoms with van der Waals surface area (Å²) in [6.07, 6.45) is 5.39. The van der Waals surface area contributed by atoms with E-state index in [1.54, 1.807) is 7.11 Å². The quantitative estimate of drug-likeness (QED) is 0.796. The van der Waals surface area contributed by atoms with Crippen molar-refractivity contribution in [2.24, 2.45) is 5.41 Å². The lowest BCUT2D eigenvalue weighted by Gasteiger charge is -2.39. The molecule has 1 spiro atoms. The minimum Gasteiger partial charge on any atom is -0.383 e. The number of rotatable bonds is 6. The lowest BCUT2D eigenvalue weighted by molar-refractivity contribution is -0.146. The number of hydrogen-bond donors (Lipinski definition) is 0. The second-order valence-corrected chi connectivity index (χ2v) is 7.53. The van der Waals surface area contributed by atoms with E-state index >= 15 is 0 Å². The molecular weight excluding hydrogens is 312 g/mol. The zero-order valence-corrected chi connectivity index (χ0v) is 15.5. The molecule has 0 N–H and O–H groups in total. The van der Waals surface area contributed by atoms with E-state index in [9.17, 15) is 4.79 Å². The third-order valence-electron chi connectivity index (χ3n) is 5.51. The Morgan fingerprint density at radius 1 is 1.24 bits per heavy atom. The Morgan fingerprint density at radius 2 is 2.04 bits per heavy atom. The molecule has 1 aromatic carbocycles. The summed E-state index contributed by atoms with van der Waals surface area (Å²) < 4.78 is 5.16. The molecular formula is C21H30N2O2. The van der Waals surface area contributed by atoms with Crippen molar-refractivity contribution in [2.75, 3.05) is 46.4 Å². The maximum absolute atomic E-state index is 13.0. The Bertz CT molecular complexity index is 614. The molecule has 1 atom stereocenters. The fourth-order valence-corrected chi connectivity index (χ4v) is 4.27. The van der Waals surface area contributed by atoms with Crippen LogP contribution in [-0.4, -0.2) is 62.1 Å². The van der Waals surface area contributed by atoms with Crippen LogP contribution in [-0.2, 0) is 9.53 Å². The van der Waals surface area contributed by atoms with E-state index in [2.05, 4.69) is 42.2 Å². The molecule has 136 valence electrons. The van der Waals surface area contributed by atoms with Gasteiger partial charge in [-0.1, -0.05) is 42.0 Å². The number of ether oxygens (including phenoxy) is 1. The van der Waals surface area contributed by atoms with Crippen molar-refractivity contribution in [1.29, 1.82) is 0 Å². The summed E-state index contributed by atoms with van der Waals surface area (Å²) >= 11 is 0. The van der Waals surface area contributed by atoms with Gasteiger partial charge >= 0.3 is 0 Å². The number of methoxy groups -OCH3 is 1. The van der Waals surface area contributed by atoms with Crippen LogP contribution in [0.2, 0.25) is 0 Å². The van der Waals surface area contributed by atoms with Crippen LogP contribution >= 0.6 is 0 Å². The number of likely N-dealkylation sites (tertiary alicyclic amines) is 2. The van der Waals surface area contributed by atoms with E-state index in [4.69, 9.17) is 4.74 Å². The molecule has 0 aliphatic carbocycles. The summed E-state index contributed by atoms with van der Waals surface area (Å²) in [5.41, 5.74) is 2.44. The van der Waals surface area contributed by atoms with Gasteiger partial charge in [-0.2, -0.15) is 0 Å². The maximum Gasteiger partial charge on any atom is 0.230 e. The van der Waals surface area contributed by atoms with Crippen LogP contribution in [0, 0.1) is 5.41 Å². The third-order valence-corrected chi connectivity index (χ3v) is 5.51. The van der Waals surface area contributed by atoms with E-state index in [0.717, 1.165) is 52.0 Å². The Balaban J connectivity index is 1.60. The third kappa shape index (κ3) is 4.31. The van der Waals surface area contributed by atoms with Crippen molar-refractivity contribution in [2.45, 2.75) is 26.2 Å². The number of benzene rings is 1. The van der Waals surface area contributed by atoms with Crippen LogP contribution in [0.4, 0.5) is 0 Å². The first kappa shape index (κ1) is 18.2. The molecule has 4 heteroatoms. The van der Waals surface area contributed by atoms with Crippen LogP contribution in [0.1, 0.15) is 31.7 Å². The largest absolute Gasteiger partial charge is 0.383 e. The lowest BCUT2D eigenvalue weighted by atomic mass is 9.78. The fraction of sp³-hybridized carbons (Fsp3) is 0.571. The number of carbonyl (C=O) groups excluding carboxylic acids is 1. The van der Waals surface area contributed by atoms with Crippen molar-refractivity contribution in [3.8, 4) is 0 Å². The fourth-order valence-electron chi connectivity index (χ4n) is 4.27. The summed E-state index contributed by atoms with van der Waals surface area (Å²) in [5.74, 6) is 0.350. The molecule has 1 unspecified atom stereocenters. The van der Waals surface area contributed by atoms with E-state index in [1.165, 1.54) is 11.1 Å². The molecule has 25 heavy (non-hydrogen) atoms. The van der Waals surface area contributed by atoms with Gasteiger partial charge in [-0.3, -0.25) is 9.69 Å². The van der Waals surface area contributed by atoms with Gasteiger partial charge in [-0.05, 0) is 38.3 Å². The summed E-state index contributed by atoms with van der Waals surface area (Å²) in [4.78, 5) is 17.5. The van der Waals surface area contributed by atoms with E-state index in [1.807, 2.05) is 11.0 Å². The summed E-state index contributed by atoms with van der Waals surface area (Å²) in [6.45, 7) is 7.29. The summed E-state index contributed by atoms with van der Waals surface area (Å²) in [5, 5.41) is 0. The van der Waals surface area contributed by atoms with Crippen LogP contribution in [0.15, 0.2) is 35.9 Å². The predicted octanol–water partition coefficient (Wildman–Crippen LogP) is 3.05. The molecule has 0 aromatic heterocycles. The van der Waals surface area contributed by atoms with Gasteiger partial charge in [-0.15, -0.1) is 0 Å². The highest BCUT2D eigenvalue weighted by Crippen LogP contribution is 2.40. The average molecular weight is 342 g/mol. The monoisotopic (exact) mass is 342 g/mol. The van der Waals surface area contributed by atoms with Crippen molar-refractivity contribution in [1.82, 2.24) is 9.80 Å². The summed E-state index contributed by atoms with van der Waals surface area (Å²) in [6, 6.07) is 10.4. The smallest absolute Gasteiger partial charge is 0.230 e. The highest BCUT2D eigenvalue weighted by molar-refractivity contribution is 5.84. The molecule has 1 amide bonds. The molecule has 0 saturated carbocycles. The molecule has 1 aromatic rings. The van der Waals surface area contributed by atoms with Crippen LogP contribution in [0.5, 0.6) is 0 Å². The minimum atomic E-state index is -0.154. The lowest BCUT2D eigenvalue weighted by Crippen LogP contribution is -2.51. The summed E-state index contributed by atoms with van der Waals surface area (Å²) in [7, 11) is 1.70. The van der Waals surface area contributed by atoms with Gasteiger partial charge in [0.25, 0.3) is 0 Å². The number of hydrogen-bond acceptors (Lipinski definition) is 3. The van der Waals surface area contributed by atoms with Crippen molar-refractivity contribution < 1.29 is 9.53 Å². The molecule has 2 heterocycles. The highest BCUT2D eigenvalue weighted by atomic mass is 16.5. The van der Waals surface area contributed by atoms with Crippen molar-refractivity contribution >= 4 is 12.0 Å². The molecule has 2 aliphatic rings. The van der Waals surface area contributed by atoms with E-state index < -0.39 is 0 Å². The average Bonchev–Trinajstić information content (AvgIpc) is 3.00. The van der Waals surface area contributed by atoms with Gasteiger partial charge in [-0.25, -0.2) is 0 Å². The first-order valence-electron chi connectivity index (χ1n) is 9.36. The van der Waals surface area contributed by atoms with Crippen LogP contribution in [0.3, 0.4) is 0 Å². The second kappa shape index (κ2) is 8.15.